The lowest BCUT2D eigenvalue weighted by Crippen LogP contribution is -2.33. The summed E-state index contributed by atoms with van der Waals surface area (Å²) in [4.78, 5) is 12.0. The molecule has 3 aromatic carbocycles. The SMILES string of the molecule is CCc1cc(Oc2ccc(C3OC(=O)NC3Cc3cccc(OC(F)(F)C(F)F)c3)cc2)ccc1Cl. The number of alkyl carbamates (subject to hydrolysis) is 1. The summed E-state index contributed by atoms with van der Waals surface area (Å²) in [5, 5.41) is 3.36. The average molecular weight is 524 g/mol. The molecule has 1 saturated heterocycles. The van der Waals surface area contributed by atoms with Crippen LogP contribution in [-0.2, 0) is 17.6 Å². The highest BCUT2D eigenvalue weighted by Crippen LogP contribution is 2.33. The van der Waals surface area contributed by atoms with Gasteiger partial charge in [-0.1, -0.05) is 42.8 Å². The molecule has 1 heterocycles. The van der Waals surface area contributed by atoms with Crippen LogP contribution in [0.4, 0.5) is 22.4 Å². The highest BCUT2D eigenvalue weighted by molar-refractivity contribution is 6.31. The minimum Gasteiger partial charge on any atom is -0.457 e. The summed E-state index contributed by atoms with van der Waals surface area (Å²) in [7, 11) is 0. The molecule has 0 spiro atoms. The predicted octanol–water partition coefficient (Wildman–Crippen LogP) is 7.32. The van der Waals surface area contributed by atoms with Gasteiger partial charge in [0.1, 0.15) is 23.4 Å². The number of hydrogen-bond acceptors (Lipinski definition) is 4. The van der Waals surface area contributed by atoms with E-state index in [1.54, 1.807) is 42.5 Å². The molecule has 1 aliphatic rings. The normalized spacial score (nSPS) is 17.6. The second-order valence-corrected chi connectivity index (χ2v) is 8.58. The third kappa shape index (κ3) is 6.02. The number of hydrogen-bond donors (Lipinski definition) is 1. The minimum atomic E-state index is -4.61. The van der Waals surface area contributed by atoms with Crippen molar-refractivity contribution in [2.24, 2.45) is 0 Å². The number of alkyl halides is 4. The van der Waals surface area contributed by atoms with Crippen molar-refractivity contribution in [1.29, 1.82) is 0 Å². The number of ether oxygens (including phenoxy) is 3. The van der Waals surface area contributed by atoms with Gasteiger partial charge in [0.2, 0.25) is 0 Å². The second kappa shape index (κ2) is 10.7. The van der Waals surface area contributed by atoms with Crippen LogP contribution in [0.3, 0.4) is 0 Å². The number of carbonyl (C=O) groups is 1. The van der Waals surface area contributed by atoms with E-state index in [2.05, 4.69) is 10.1 Å². The molecule has 1 aliphatic heterocycles. The number of aryl methyl sites for hydroxylation is 1. The van der Waals surface area contributed by atoms with Crippen LogP contribution in [0.5, 0.6) is 17.2 Å². The lowest BCUT2D eigenvalue weighted by atomic mass is 9.96. The molecular weight excluding hydrogens is 502 g/mol. The van der Waals surface area contributed by atoms with E-state index < -0.39 is 36.5 Å². The number of nitrogens with one attached hydrogen (secondary N) is 1. The fourth-order valence-corrected chi connectivity index (χ4v) is 4.11. The van der Waals surface area contributed by atoms with Gasteiger partial charge in [-0.2, -0.15) is 17.6 Å². The second-order valence-electron chi connectivity index (χ2n) is 8.17. The Labute approximate surface area is 209 Å². The number of cyclic esters (lactones) is 1. The number of rotatable bonds is 9. The molecule has 0 aliphatic carbocycles. The van der Waals surface area contributed by atoms with Crippen molar-refractivity contribution in [3.8, 4) is 17.2 Å². The first kappa shape index (κ1) is 25.6. The zero-order valence-electron chi connectivity index (χ0n) is 19.0. The van der Waals surface area contributed by atoms with E-state index in [1.165, 1.54) is 12.1 Å². The van der Waals surface area contributed by atoms with Crippen LogP contribution < -0.4 is 14.8 Å². The van der Waals surface area contributed by atoms with Crippen molar-refractivity contribution >= 4 is 17.7 Å². The zero-order valence-corrected chi connectivity index (χ0v) is 19.8. The Morgan fingerprint density at radius 2 is 1.75 bits per heavy atom. The molecule has 36 heavy (non-hydrogen) atoms. The van der Waals surface area contributed by atoms with Gasteiger partial charge in [0.25, 0.3) is 0 Å². The fourth-order valence-electron chi connectivity index (χ4n) is 3.86. The molecule has 1 fully saturated rings. The van der Waals surface area contributed by atoms with Crippen LogP contribution in [0.25, 0.3) is 0 Å². The molecule has 2 unspecified atom stereocenters. The van der Waals surface area contributed by atoms with Gasteiger partial charge >= 0.3 is 18.6 Å². The molecule has 190 valence electrons. The quantitative estimate of drug-likeness (QED) is 0.298. The smallest absolute Gasteiger partial charge is 0.457 e. The first-order chi connectivity index (χ1) is 17.1. The predicted molar refractivity (Wildman–Crippen MR) is 125 cm³/mol. The molecule has 0 aromatic heterocycles. The Bertz CT molecular complexity index is 1220. The van der Waals surface area contributed by atoms with E-state index in [1.807, 2.05) is 13.0 Å². The number of benzene rings is 3. The van der Waals surface area contributed by atoms with Crippen LogP contribution in [0.1, 0.15) is 29.7 Å². The molecule has 0 bridgehead atoms. The van der Waals surface area contributed by atoms with Gasteiger partial charge in [-0.05, 0) is 72.0 Å². The number of amides is 1. The lowest BCUT2D eigenvalue weighted by Gasteiger charge is -2.19. The van der Waals surface area contributed by atoms with E-state index in [-0.39, 0.29) is 6.42 Å². The molecule has 1 N–H and O–H groups in total. The maximum atomic E-state index is 13.3. The highest BCUT2D eigenvalue weighted by atomic mass is 35.5. The first-order valence-electron chi connectivity index (χ1n) is 11.1. The van der Waals surface area contributed by atoms with Gasteiger partial charge in [-0.25, -0.2) is 4.79 Å². The largest absolute Gasteiger partial charge is 0.461 e. The Morgan fingerprint density at radius 1 is 1.03 bits per heavy atom. The zero-order chi connectivity index (χ0) is 25.9. The average Bonchev–Trinajstić information content (AvgIpc) is 3.20. The Morgan fingerprint density at radius 3 is 2.44 bits per heavy atom. The molecule has 0 saturated carbocycles. The molecular formula is C26H22ClF4NO4. The molecule has 5 nitrogen and oxygen atoms in total. The lowest BCUT2D eigenvalue weighted by molar-refractivity contribution is -0.253. The van der Waals surface area contributed by atoms with Gasteiger partial charge in [-0.3, -0.25) is 0 Å². The molecule has 4 rings (SSSR count). The van der Waals surface area contributed by atoms with Crippen LogP contribution in [0, 0.1) is 0 Å². The molecule has 1 amide bonds. The summed E-state index contributed by atoms with van der Waals surface area (Å²) < 4.78 is 66.9. The molecule has 2 atom stereocenters. The number of halogens is 5. The van der Waals surface area contributed by atoms with Crippen molar-refractivity contribution in [3.63, 3.8) is 0 Å². The Kier molecular flexibility index (Phi) is 7.59. The Hall–Kier alpha value is -3.46. The Balaban J connectivity index is 1.46. The minimum absolute atomic E-state index is 0.191. The maximum Gasteiger partial charge on any atom is 0.461 e. The highest BCUT2D eigenvalue weighted by Gasteiger charge is 2.44. The third-order valence-corrected chi connectivity index (χ3v) is 5.98. The van der Waals surface area contributed by atoms with Crippen molar-refractivity contribution in [2.75, 3.05) is 0 Å². The first-order valence-corrected chi connectivity index (χ1v) is 11.5. The van der Waals surface area contributed by atoms with Crippen LogP contribution >= 0.6 is 11.6 Å². The summed E-state index contributed by atoms with van der Waals surface area (Å²) in [6.45, 7) is 2.00. The monoisotopic (exact) mass is 523 g/mol. The van der Waals surface area contributed by atoms with Gasteiger partial charge in [0.05, 0.1) is 6.04 Å². The molecule has 10 heteroatoms. The van der Waals surface area contributed by atoms with Crippen LogP contribution in [-0.4, -0.2) is 24.7 Å². The van der Waals surface area contributed by atoms with E-state index in [9.17, 15) is 22.4 Å². The molecule has 0 radical (unpaired) electrons. The fraction of sp³-hybridized carbons (Fsp3) is 0.269. The van der Waals surface area contributed by atoms with Gasteiger partial charge in [0, 0.05) is 5.02 Å². The van der Waals surface area contributed by atoms with E-state index >= 15 is 0 Å². The van der Waals surface area contributed by atoms with Crippen molar-refractivity contribution in [3.05, 3.63) is 88.4 Å². The topological polar surface area (TPSA) is 56.8 Å². The van der Waals surface area contributed by atoms with Crippen molar-refractivity contribution in [2.45, 2.75) is 44.4 Å². The maximum absolute atomic E-state index is 13.3. The van der Waals surface area contributed by atoms with E-state index in [4.69, 9.17) is 21.1 Å². The van der Waals surface area contributed by atoms with E-state index in [0.717, 1.165) is 18.1 Å². The van der Waals surface area contributed by atoms with Gasteiger partial charge < -0.3 is 19.5 Å². The van der Waals surface area contributed by atoms with Crippen molar-refractivity contribution in [1.82, 2.24) is 5.32 Å². The standard InChI is InChI=1S/C26H22ClF4NO4/c1-2-16-14-19(10-11-21(16)27)34-18-8-6-17(7-9-18)23-22(32-25(33)35-23)13-15-4-3-5-20(12-15)36-26(30,31)24(28)29/h3-12,14,22-24H,2,13H2,1H3,(H,32,33). The van der Waals surface area contributed by atoms with E-state index in [0.29, 0.717) is 27.6 Å². The summed E-state index contributed by atoms with van der Waals surface area (Å²) in [5.74, 6) is 0.798. The van der Waals surface area contributed by atoms with Gasteiger partial charge in [-0.15, -0.1) is 0 Å². The molecule has 3 aromatic rings. The van der Waals surface area contributed by atoms with Crippen LogP contribution in [0.2, 0.25) is 5.02 Å². The third-order valence-electron chi connectivity index (χ3n) is 5.61. The summed E-state index contributed by atoms with van der Waals surface area (Å²) in [5.41, 5.74) is 2.14. The van der Waals surface area contributed by atoms with Crippen molar-refractivity contribution < 1.29 is 36.6 Å². The van der Waals surface area contributed by atoms with Crippen LogP contribution in [0.15, 0.2) is 66.7 Å². The summed E-state index contributed by atoms with van der Waals surface area (Å²) >= 11 is 6.15. The summed E-state index contributed by atoms with van der Waals surface area (Å²) in [6.07, 6.45) is -8.92. The summed E-state index contributed by atoms with van der Waals surface area (Å²) in [6, 6.07) is 17.3. The number of carbonyl (C=O) groups excluding carboxylic acids is 1. The van der Waals surface area contributed by atoms with Gasteiger partial charge in [0.15, 0.2) is 0 Å².